The van der Waals surface area contributed by atoms with Crippen molar-refractivity contribution >= 4 is 28.6 Å². The van der Waals surface area contributed by atoms with Crippen LogP contribution in [0.2, 0.25) is 0 Å². The quantitative estimate of drug-likeness (QED) is 0.872. The van der Waals surface area contributed by atoms with Gasteiger partial charge in [0.15, 0.2) is 0 Å². The third-order valence-electron chi connectivity index (χ3n) is 4.32. The minimum atomic E-state index is -0.747. The van der Waals surface area contributed by atoms with Crippen LogP contribution in [0.3, 0.4) is 0 Å². The molecule has 1 fully saturated rings. The highest BCUT2D eigenvalue weighted by molar-refractivity contribution is 6.08. The van der Waals surface area contributed by atoms with E-state index < -0.39 is 11.9 Å². The fraction of sp³-hybridized carbons (Fsp3) is 0.333. The van der Waals surface area contributed by atoms with E-state index in [9.17, 15) is 14.4 Å². The molecular weight excluding hydrogens is 306 g/mol. The first-order valence-corrected chi connectivity index (χ1v) is 7.93. The predicted molar refractivity (Wildman–Crippen MR) is 89.5 cm³/mol. The molecule has 1 saturated heterocycles. The highest BCUT2D eigenvalue weighted by Crippen LogP contribution is 2.21. The number of likely N-dealkylation sites (N-methyl/N-ethyl adjacent to an activating group) is 1. The number of nitrogens with zero attached hydrogens (tertiary/aromatic N) is 2. The molecule has 0 saturated carbocycles. The monoisotopic (exact) mass is 325 g/mol. The van der Waals surface area contributed by atoms with Crippen LogP contribution in [0.15, 0.2) is 24.3 Å². The van der Waals surface area contributed by atoms with Crippen molar-refractivity contribution in [2.24, 2.45) is 0 Å². The average molecular weight is 325 g/mol. The van der Waals surface area contributed by atoms with Gasteiger partial charge in [-0.3, -0.25) is 24.7 Å². The Kier molecular flexibility index (Phi) is 4.05. The Morgan fingerprint density at radius 1 is 1.29 bits per heavy atom. The maximum atomic E-state index is 12.9. The average Bonchev–Trinajstić information content (AvgIpc) is 2.85. The fourth-order valence-electron chi connectivity index (χ4n) is 3.04. The number of fused-ring (bicyclic) bond motifs is 1. The number of carbonyl (C=O) groups excluding carboxylic acids is 3. The van der Waals surface area contributed by atoms with Crippen LogP contribution in [-0.4, -0.2) is 40.2 Å². The molecule has 2 aromatic rings. The van der Waals surface area contributed by atoms with Crippen LogP contribution in [-0.2, 0) is 9.59 Å². The van der Waals surface area contributed by atoms with Gasteiger partial charge in [0.25, 0.3) is 5.91 Å². The first-order valence-electron chi connectivity index (χ1n) is 7.93. The van der Waals surface area contributed by atoms with Crippen molar-refractivity contribution < 1.29 is 14.4 Å². The van der Waals surface area contributed by atoms with E-state index in [4.69, 9.17) is 0 Å². The normalized spacial score (nSPS) is 17.2. The number of amides is 3. The van der Waals surface area contributed by atoms with Gasteiger partial charge >= 0.3 is 0 Å². The third-order valence-corrected chi connectivity index (χ3v) is 4.32. The Bertz CT molecular complexity index is 860. The number of aryl methyl sites for hydroxylation is 2. The molecule has 1 aliphatic heterocycles. The molecule has 1 aliphatic rings. The lowest BCUT2D eigenvalue weighted by atomic mass is 10.1. The molecule has 3 amide bonds. The van der Waals surface area contributed by atoms with Crippen LogP contribution >= 0.6 is 0 Å². The topological polar surface area (TPSA) is 79.4 Å². The van der Waals surface area contributed by atoms with Crippen molar-refractivity contribution in [3.05, 3.63) is 41.1 Å². The standard InChI is InChI=1S/C18H19N3O3/c1-4-21(15-9-16(22)20-17(15)23)18(24)13-8-12-6-5-10(2)7-14(12)19-11(13)3/h5-8,15H,4,9H2,1-3H3,(H,20,22,23)/t15-/m0/s1. The number of hydrogen-bond donors (Lipinski definition) is 1. The zero-order chi connectivity index (χ0) is 17.4. The van der Waals surface area contributed by atoms with Gasteiger partial charge in [-0.1, -0.05) is 12.1 Å². The van der Waals surface area contributed by atoms with Gasteiger partial charge in [-0.15, -0.1) is 0 Å². The lowest BCUT2D eigenvalue weighted by molar-refractivity contribution is -0.126. The predicted octanol–water partition coefficient (Wildman–Crippen LogP) is 1.73. The zero-order valence-electron chi connectivity index (χ0n) is 13.9. The number of nitrogens with one attached hydrogen (secondary N) is 1. The van der Waals surface area contributed by atoms with Gasteiger partial charge in [-0.2, -0.15) is 0 Å². The Hall–Kier alpha value is -2.76. The van der Waals surface area contributed by atoms with Crippen LogP contribution < -0.4 is 5.32 Å². The molecule has 3 rings (SSSR count). The van der Waals surface area contributed by atoms with Crippen LogP contribution in [0, 0.1) is 13.8 Å². The van der Waals surface area contributed by atoms with Crippen LogP contribution in [0.5, 0.6) is 0 Å². The highest BCUT2D eigenvalue weighted by atomic mass is 16.2. The molecule has 24 heavy (non-hydrogen) atoms. The Morgan fingerprint density at radius 2 is 2.04 bits per heavy atom. The second-order valence-corrected chi connectivity index (χ2v) is 6.04. The maximum Gasteiger partial charge on any atom is 0.256 e. The first-order chi connectivity index (χ1) is 11.4. The van der Waals surface area contributed by atoms with Crippen molar-refractivity contribution in [1.82, 2.24) is 15.2 Å². The summed E-state index contributed by atoms with van der Waals surface area (Å²) in [6, 6.07) is 6.92. The van der Waals surface area contributed by atoms with Gasteiger partial charge in [0, 0.05) is 11.9 Å². The maximum absolute atomic E-state index is 12.9. The van der Waals surface area contributed by atoms with Gasteiger partial charge in [0.2, 0.25) is 11.8 Å². The second kappa shape index (κ2) is 6.03. The van der Waals surface area contributed by atoms with Crippen molar-refractivity contribution in [2.45, 2.75) is 33.2 Å². The lowest BCUT2D eigenvalue weighted by Gasteiger charge is -2.26. The minimum absolute atomic E-state index is 0.0116. The van der Waals surface area contributed by atoms with Gasteiger partial charge in [-0.25, -0.2) is 0 Å². The van der Waals surface area contributed by atoms with Gasteiger partial charge in [0.1, 0.15) is 6.04 Å². The van der Waals surface area contributed by atoms with Crippen molar-refractivity contribution in [1.29, 1.82) is 0 Å². The van der Waals surface area contributed by atoms with Crippen LogP contribution in [0.25, 0.3) is 10.9 Å². The van der Waals surface area contributed by atoms with Crippen LogP contribution in [0.4, 0.5) is 0 Å². The van der Waals surface area contributed by atoms with Gasteiger partial charge in [0.05, 0.1) is 23.2 Å². The van der Waals surface area contributed by atoms with Crippen molar-refractivity contribution in [3.63, 3.8) is 0 Å². The summed E-state index contributed by atoms with van der Waals surface area (Å²) >= 11 is 0. The number of carbonyl (C=O) groups is 3. The molecule has 0 bridgehead atoms. The highest BCUT2D eigenvalue weighted by Gasteiger charge is 2.37. The summed E-state index contributed by atoms with van der Waals surface area (Å²) in [5.74, 6) is -1.04. The SMILES string of the molecule is CCN(C(=O)c1cc2ccc(C)cc2nc1C)[C@H]1CC(=O)NC1=O. The minimum Gasteiger partial charge on any atom is -0.326 e. The van der Waals surface area contributed by atoms with E-state index in [2.05, 4.69) is 10.3 Å². The number of imide groups is 1. The molecule has 0 unspecified atom stereocenters. The van der Waals surface area contributed by atoms with E-state index in [1.54, 1.807) is 19.9 Å². The van der Waals surface area contributed by atoms with E-state index in [-0.39, 0.29) is 18.2 Å². The Labute approximate surface area is 139 Å². The van der Waals surface area contributed by atoms with Crippen molar-refractivity contribution in [3.8, 4) is 0 Å². The first kappa shape index (κ1) is 16.1. The third kappa shape index (κ3) is 2.75. The summed E-state index contributed by atoms with van der Waals surface area (Å²) in [5, 5.41) is 3.12. The van der Waals surface area contributed by atoms with E-state index in [0.717, 1.165) is 16.5 Å². The molecule has 2 heterocycles. The van der Waals surface area contributed by atoms with E-state index in [1.165, 1.54) is 4.90 Å². The molecule has 1 atom stereocenters. The smallest absolute Gasteiger partial charge is 0.256 e. The molecule has 0 spiro atoms. The number of hydrogen-bond acceptors (Lipinski definition) is 4. The molecule has 1 aromatic heterocycles. The number of rotatable bonds is 3. The van der Waals surface area contributed by atoms with E-state index >= 15 is 0 Å². The molecule has 0 aliphatic carbocycles. The summed E-state index contributed by atoms with van der Waals surface area (Å²) < 4.78 is 0. The molecule has 6 heteroatoms. The zero-order valence-corrected chi connectivity index (χ0v) is 13.9. The number of benzene rings is 1. The molecular formula is C18H19N3O3. The van der Waals surface area contributed by atoms with Gasteiger partial charge < -0.3 is 4.90 Å². The molecule has 124 valence electrons. The molecule has 1 aromatic carbocycles. The number of pyridine rings is 1. The summed E-state index contributed by atoms with van der Waals surface area (Å²) in [7, 11) is 0. The second-order valence-electron chi connectivity index (χ2n) is 6.04. The fourth-order valence-corrected chi connectivity index (χ4v) is 3.04. The summed E-state index contributed by atoms with van der Waals surface area (Å²) in [5.41, 5.74) is 3.01. The largest absolute Gasteiger partial charge is 0.326 e. The van der Waals surface area contributed by atoms with Gasteiger partial charge in [-0.05, 0) is 38.5 Å². The van der Waals surface area contributed by atoms with E-state index in [1.807, 2.05) is 25.1 Å². The summed E-state index contributed by atoms with van der Waals surface area (Å²) in [6.07, 6.45) is 0.0116. The lowest BCUT2D eigenvalue weighted by Crippen LogP contribution is -2.44. The van der Waals surface area contributed by atoms with Crippen LogP contribution in [0.1, 0.15) is 35.0 Å². The molecule has 6 nitrogen and oxygen atoms in total. The van der Waals surface area contributed by atoms with E-state index in [0.29, 0.717) is 17.8 Å². The van der Waals surface area contributed by atoms with Crippen molar-refractivity contribution in [2.75, 3.05) is 6.54 Å². The molecule has 0 radical (unpaired) electrons. The Balaban J connectivity index is 2.00. The summed E-state index contributed by atoms with van der Waals surface area (Å²) in [6.45, 7) is 5.91. The molecule has 1 N–H and O–H groups in total. The Morgan fingerprint density at radius 3 is 2.67 bits per heavy atom. The summed E-state index contributed by atoms with van der Waals surface area (Å²) in [4.78, 5) is 42.2. The number of aromatic nitrogens is 1.